The van der Waals surface area contributed by atoms with Crippen LogP contribution in [-0.4, -0.2) is 4.98 Å². The summed E-state index contributed by atoms with van der Waals surface area (Å²) in [6, 6.07) is 8.54. The first-order valence-corrected chi connectivity index (χ1v) is 5.16. The highest BCUT2D eigenvalue weighted by Gasteiger charge is 2.18. The number of ether oxygens (including phenoxy) is 1. The summed E-state index contributed by atoms with van der Waals surface area (Å²) >= 11 is 0. The van der Waals surface area contributed by atoms with E-state index in [9.17, 15) is 0 Å². The van der Waals surface area contributed by atoms with Crippen LogP contribution < -0.4 is 4.74 Å². The molecule has 2 aromatic rings. The molecule has 0 bridgehead atoms. The van der Waals surface area contributed by atoms with Gasteiger partial charge in [-0.1, -0.05) is 12.1 Å². The number of aromatic amines is 1. The first-order chi connectivity index (χ1) is 7.24. The number of benzene rings is 1. The number of hydrogen-bond acceptors (Lipinski definition) is 1. The third-order valence-electron chi connectivity index (χ3n) is 2.83. The van der Waals surface area contributed by atoms with Crippen LogP contribution in [0.2, 0.25) is 0 Å². The van der Waals surface area contributed by atoms with Gasteiger partial charge in [-0.3, -0.25) is 0 Å². The van der Waals surface area contributed by atoms with Gasteiger partial charge >= 0.3 is 0 Å². The van der Waals surface area contributed by atoms with Crippen molar-refractivity contribution in [1.82, 2.24) is 4.98 Å². The molecular formula is C13H13NO. The summed E-state index contributed by atoms with van der Waals surface area (Å²) in [6.45, 7) is 4.81. The van der Waals surface area contributed by atoms with Crippen molar-refractivity contribution >= 4 is 0 Å². The van der Waals surface area contributed by atoms with Crippen LogP contribution >= 0.6 is 0 Å². The van der Waals surface area contributed by atoms with E-state index in [-0.39, 0.29) is 0 Å². The summed E-state index contributed by atoms with van der Waals surface area (Å²) in [7, 11) is 0. The molecule has 15 heavy (non-hydrogen) atoms. The Morgan fingerprint density at radius 2 is 2.00 bits per heavy atom. The standard InChI is InChI=1S/C13H13NO/c1-8-3-4-10-11-6-9(2)14-12(11)7-15-13(10)5-8/h3-6,14H,7H2,1-2H3. The van der Waals surface area contributed by atoms with E-state index in [0.717, 1.165) is 5.75 Å². The fourth-order valence-electron chi connectivity index (χ4n) is 2.12. The molecule has 0 aliphatic carbocycles. The lowest BCUT2D eigenvalue weighted by atomic mass is 10.0. The van der Waals surface area contributed by atoms with Gasteiger partial charge in [0.2, 0.25) is 0 Å². The highest BCUT2D eigenvalue weighted by atomic mass is 16.5. The molecule has 0 saturated heterocycles. The number of H-pyrrole nitrogens is 1. The van der Waals surface area contributed by atoms with Gasteiger partial charge in [0, 0.05) is 16.8 Å². The number of hydrogen-bond donors (Lipinski definition) is 1. The summed E-state index contributed by atoms with van der Waals surface area (Å²) in [5.74, 6) is 1.00. The Hall–Kier alpha value is -1.70. The maximum absolute atomic E-state index is 5.71. The van der Waals surface area contributed by atoms with Gasteiger partial charge < -0.3 is 9.72 Å². The Kier molecular flexibility index (Phi) is 1.66. The quantitative estimate of drug-likeness (QED) is 0.692. The summed E-state index contributed by atoms with van der Waals surface area (Å²) < 4.78 is 5.71. The van der Waals surface area contributed by atoms with Crippen LogP contribution in [0.1, 0.15) is 17.0 Å². The lowest BCUT2D eigenvalue weighted by Crippen LogP contribution is -2.04. The Bertz CT molecular complexity index is 525. The van der Waals surface area contributed by atoms with Crippen molar-refractivity contribution in [2.24, 2.45) is 0 Å². The summed E-state index contributed by atoms with van der Waals surface area (Å²) in [6.07, 6.45) is 0. The monoisotopic (exact) mass is 199 g/mol. The van der Waals surface area contributed by atoms with E-state index in [1.165, 1.54) is 28.1 Å². The molecule has 1 N–H and O–H groups in total. The van der Waals surface area contributed by atoms with Crippen molar-refractivity contribution < 1.29 is 4.74 Å². The minimum absolute atomic E-state index is 0.652. The van der Waals surface area contributed by atoms with Crippen LogP contribution in [0.5, 0.6) is 5.75 Å². The van der Waals surface area contributed by atoms with Crippen molar-refractivity contribution in [2.45, 2.75) is 20.5 Å². The smallest absolute Gasteiger partial charge is 0.129 e. The maximum Gasteiger partial charge on any atom is 0.129 e. The van der Waals surface area contributed by atoms with E-state index in [0.29, 0.717) is 6.61 Å². The topological polar surface area (TPSA) is 25.0 Å². The Balaban J connectivity index is 2.25. The van der Waals surface area contributed by atoms with E-state index in [4.69, 9.17) is 4.74 Å². The zero-order valence-corrected chi connectivity index (χ0v) is 8.92. The van der Waals surface area contributed by atoms with Gasteiger partial charge in [-0.15, -0.1) is 0 Å². The maximum atomic E-state index is 5.71. The molecule has 0 amide bonds. The van der Waals surface area contributed by atoms with Crippen molar-refractivity contribution in [3.63, 3.8) is 0 Å². The Labute approximate surface area is 88.9 Å². The second-order valence-electron chi connectivity index (χ2n) is 4.13. The molecule has 0 atom stereocenters. The molecule has 0 saturated carbocycles. The molecule has 0 unspecified atom stereocenters. The van der Waals surface area contributed by atoms with Crippen LogP contribution in [0, 0.1) is 13.8 Å². The zero-order chi connectivity index (χ0) is 10.4. The summed E-state index contributed by atoms with van der Waals surface area (Å²) in [4.78, 5) is 3.33. The summed E-state index contributed by atoms with van der Waals surface area (Å²) in [5.41, 5.74) is 6.10. The molecule has 1 aromatic heterocycles. The van der Waals surface area contributed by atoms with Gasteiger partial charge in [-0.25, -0.2) is 0 Å². The Morgan fingerprint density at radius 3 is 2.87 bits per heavy atom. The minimum Gasteiger partial charge on any atom is -0.487 e. The van der Waals surface area contributed by atoms with Crippen molar-refractivity contribution in [1.29, 1.82) is 0 Å². The molecule has 0 spiro atoms. The Morgan fingerprint density at radius 1 is 1.13 bits per heavy atom. The van der Waals surface area contributed by atoms with E-state index < -0.39 is 0 Å². The predicted octanol–water partition coefficient (Wildman–Crippen LogP) is 3.19. The summed E-state index contributed by atoms with van der Waals surface area (Å²) in [5, 5.41) is 0. The van der Waals surface area contributed by atoms with Crippen molar-refractivity contribution in [2.75, 3.05) is 0 Å². The molecule has 3 rings (SSSR count). The van der Waals surface area contributed by atoms with Crippen LogP contribution in [0.4, 0.5) is 0 Å². The average Bonchev–Trinajstić information content (AvgIpc) is 2.58. The molecule has 1 aliphatic rings. The van der Waals surface area contributed by atoms with Gasteiger partial charge in [0.25, 0.3) is 0 Å². The fraction of sp³-hybridized carbons (Fsp3) is 0.231. The van der Waals surface area contributed by atoms with Gasteiger partial charge in [0.15, 0.2) is 0 Å². The third kappa shape index (κ3) is 1.25. The van der Waals surface area contributed by atoms with Crippen molar-refractivity contribution in [3.8, 4) is 16.9 Å². The molecule has 76 valence electrons. The van der Waals surface area contributed by atoms with E-state index in [1.54, 1.807) is 0 Å². The fourth-order valence-corrected chi connectivity index (χ4v) is 2.12. The predicted molar refractivity (Wildman–Crippen MR) is 60.0 cm³/mol. The van der Waals surface area contributed by atoms with E-state index >= 15 is 0 Å². The second-order valence-corrected chi connectivity index (χ2v) is 4.13. The van der Waals surface area contributed by atoms with Crippen LogP contribution in [-0.2, 0) is 6.61 Å². The van der Waals surface area contributed by atoms with Crippen LogP contribution in [0.25, 0.3) is 11.1 Å². The molecule has 1 aliphatic heterocycles. The number of nitrogens with one attached hydrogen (secondary N) is 1. The molecule has 2 nitrogen and oxygen atoms in total. The van der Waals surface area contributed by atoms with Gasteiger partial charge in [-0.2, -0.15) is 0 Å². The lowest BCUT2D eigenvalue weighted by molar-refractivity contribution is 0.298. The first-order valence-electron chi connectivity index (χ1n) is 5.16. The van der Waals surface area contributed by atoms with E-state index in [1.807, 2.05) is 0 Å². The normalized spacial score (nSPS) is 12.9. The largest absolute Gasteiger partial charge is 0.487 e. The SMILES string of the molecule is Cc1ccc2c(c1)OCc1[nH]c(C)cc1-2. The number of rotatable bonds is 0. The highest BCUT2D eigenvalue weighted by Crippen LogP contribution is 2.38. The van der Waals surface area contributed by atoms with E-state index in [2.05, 4.69) is 43.1 Å². The molecule has 1 aromatic carbocycles. The van der Waals surface area contributed by atoms with Gasteiger partial charge in [-0.05, 0) is 31.5 Å². The molecule has 2 heterocycles. The molecule has 0 radical (unpaired) electrons. The van der Waals surface area contributed by atoms with Crippen molar-refractivity contribution in [3.05, 3.63) is 41.2 Å². The van der Waals surface area contributed by atoms with Crippen LogP contribution in [0.3, 0.4) is 0 Å². The highest BCUT2D eigenvalue weighted by molar-refractivity contribution is 5.75. The zero-order valence-electron chi connectivity index (χ0n) is 8.92. The number of fused-ring (bicyclic) bond motifs is 3. The molecule has 2 heteroatoms. The van der Waals surface area contributed by atoms with Gasteiger partial charge in [0.05, 0.1) is 5.69 Å². The minimum atomic E-state index is 0.652. The van der Waals surface area contributed by atoms with Gasteiger partial charge in [0.1, 0.15) is 12.4 Å². The first kappa shape index (κ1) is 8.60. The third-order valence-corrected chi connectivity index (χ3v) is 2.83. The lowest BCUT2D eigenvalue weighted by Gasteiger charge is -2.17. The number of aromatic nitrogens is 1. The van der Waals surface area contributed by atoms with Crippen LogP contribution in [0.15, 0.2) is 24.3 Å². The average molecular weight is 199 g/mol. The second kappa shape index (κ2) is 2.89. The molecular weight excluding hydrogens is 186 g/mol. The molecule has 0 fully saturated rings. The number of aryl methyl sites for hydroxylation is 2.